The van der Waals surface area contributed by atoms with Crippen molar-refractivity contribution in [2.24, 2.45) is 10.8 Å². The first-order chi connectivity index (χ1) is 15.0. The number of Topliss-reactive ketones (excluding diaryl/α,β-unsaturated/α-hetero) is 1. The van der Waals surface area contributed by atoms with Crippen molar-refractivity contribution in [3.05, 3.63) is 71.8 Å². The summed E-state index contributed by atoms with van der Waals surface area (Å²) in [4.78, 5) is 27.8. The highest BCUT2D eigenvalue weighted by atomic mass is 16.3. The lowest BCUT2D eigenvalue weighted by Gasteiger charge is -2.15. The number of rotatable bonds is 4. The highest BCUT2D eigenvalue weighted by molar-refractivity contribution is 6.15. The van der Waals surface area contributed by atoms with Gasteiger partial charge in [0.05, 0.1) is 12.6 Å². The molecule has 0 bridgehead atoms. The number of carbonyl (C=O) groups excluding carboxylic acids is 2. The quantitative estimate of drug-likeness (QED) is 0.776. The number of likely N-dealkylation sites (tertiary alicyclic amines) is 2. The van der Waals surface area contributed by atoms with Gasteiger partial charge in [0.2, 0.25) is 5.91 Å². The highest BCUT2D eigenvalue weighted by Crippen LogP contribution is 2.53. The Bertz CT molecular complexity index is 951. The molecule has 5 nitrogen and oxygen atoms in total. The maximum atomic E-state index is 12.0. The Labute approximate surface area is 183 Å². The van der Waals surface area contributed by atoms with Crippen LogP contribution in [0.15, 0.2) is 60.7 Å². The van der Waals surface area contributed by atoms with E-state index in [1.54, 1.807) is 4.90 Å². The van der Waals surface area contributed by atoms with Crippen molar-refractivity contribution in [3.8, 4) is 0 Å². The van der Waals surface area contributed by atoms with Gasteiger partial charge in [-0.3, -0.25) is 14.5 Å². The van der Waals surface area contributed by atoms with Crippen LogP contribution in [0.25, 0.3) is 0 Å². The molecule has 162 valence electrons. The first kappa shape index (κ1) is 20.4. The van der Waals surface area contributed by atoms with E-state index in [4.69, 9.17) is 0 Å². The average Bonchev–Trinajstić information content (AvgIpc) is 3.68. The molecule has 2 aliphatic carbocycles. The van der Waals surface area contributed by atoms with Gasteiger partial charge in [0, 0.05) is 31.6 Å². The predicted molar refractivity (Wildman–Crippen MR) is 118 cm³/mol. The van der Waals surface area contributed by atoms with Crippen LogP contribution in [-0.4, -0.2) is 52.3 Å². The number of nitrogens with zero attached hydrogens (tertiary/aromatic N) is 2. The van der Waals surface area contributed by atoms with Gasteiger partial charge < -0.3 is 10.0 Å². The minimum atomic E-state index is -0.589. The Morgan fingerprint density at radius 3 is 1.90 bits per heavy atom. The van der Waals surface area contributed by atoms with Gasteiger partial charge in [-0.1, -0.05) is 60.7 Å². The maximum absolute atomic E-state index is 12.0. The molecule has 1 atom stereocenters. The van der Waals surface area contributed by atoms with Crippen LogP contribution in [0, 0.1) is 10.8 Å². The Balaban J connectivity index is 0.000000132. The Morgan fingerprint density at radius 1 is 0.839 bits per heavy atom. The van der Waals surface area contributed by atoms with Crippen LogP contribution in [-0.2, 0) is 22.7 Å². The average molecular weight is 419 g/mol. The van der Waals surface area contributed by atoms with Crippen molar-refractivity contribution in [3.63, 3.8) is 0 Å². The summed E-state index contributed by atoms with van der Waals surface area (Å²) in [7, 11) is 0. The third-order valence-electron chi connectivity index (χ3n) is 7.35. The molecular formula is C26H30N2O3. The van der Waals surface area contributed by atoms with E-state index in [1.807, 2.05) is 36.4 Å². The number of β-amino-alcohol motifs (C(OH)–C–C–N with tert-alkyl or cyclic N) is 1. The van der Waals surface area contributed by atoms with Crippen molar-refractivity contribution in [1.29, 1.82) is 0 Å². The number of aliphatic hydroxyl groups excluding tert-OH is 1. The number of hydrogen-bond acceptors (Lipinski definition) is 4. The zero-order chi connectivity index (χ0) is 21.5. The van der Waals surface area contributed by atoms with Crippen molar-refractivity contribution in [2.75, 3.05) is 19.6 Å². The molecule has 1 unspecified atom stereocenters. The van der Waals surface area contributed by atoms with Gasteiger partial charge in [0.1, 0.15) is 5.41 Å². The number of amides is 1. The Kier molecular flexibility index (Phi) is 5.19. The molecule has 0 radical (unpaired) electrons. The summed E-state index contributed by atoms with van der Waals surface area (Å²) in [5.41, 5.74) is 2.13. The van der Waals surface area contributed by atoms with Crippen LogP contribution in [0.5, 0.6) is 0 Å². The van der Waals surface area contributed by atoms with Crippen LogP contribution in [0.4, 0.5) is 0 Å². The minimum absolute atomic E-state index is 0.0429. The molecule has 4 aliphatic rings. The van der Waals surface area contributed by atoms with Crippen molar-refractivity contribution < 1.29 is 14.7 Å². The molecule has 1 N–H and O–H groups in total. The van der Waals surface area contributed by atoms with Gasteiger partial charge >= 0.3 is 0 Å². The van der Waals surface area contributed by atoms with E-state index in [0.717, 1.165) is 38.0 Å². The van der Waals surface area contributed by atoms with E-state index in [0.29, 0.717) is 13.1 Å². The van der Waals surface area contributed by atoms with Gasteiger partial charge in [-0.2, -0.15) is 0 Å². The van der Waals surface area contributed by atoms with E-state index in [1.165, 1.54) is 18.4 Å². The van der Waals surface area contributed by atoms with Gasteiger partial charge in [0.15, 0.2) is 5.78 Å². The molecule has 2 aliphatic heterocycles. The molecule has 5 heteroatoms. The number of ketones is 1. The fourth-order valence-corrected chi connectivity index (χ4v) is 5.04. The second-order valence-corrected chi connectivity index (χ2v) is 9.69. The van der Waals surface area contributed by atoms with Gasteiger partial charge in [-0.15, -0.1) is 0 Å². The van der Waals surface area contributed by atoms with E-state index in [9.17, 15) is 14.7 Å². The second-order valence-electron chi connectivity index (χ2n) is 9.69. The molecule has 4 fully saturated rings. The zero-order valence-electron chi connectivity index (χ0n) is 17.9. The second kappa shape index (κ2) is 7.88. The Hall–Kier alpha value is -2.50. The third-order valence-corrected chi connectivity index (χ3v) is 7.35. The molecular weight excluding hydrogens is 388 g/mol. The molecule has 0 aromatic heterocycles. The maximum Gasteiger partial charge on any atom is 0.237 e. The minimum Gasteiger partial charge on any atom is -0.391 e. The van der Waals surface area contributed by atoms with E-state index in [-0.39, 0.29) is 23.2 Å². The first-order valence-corrected chi connectivity index (χ1v) is 11.3. The smallest absolute Gasteiger partial charge is 0.237 e. The number of benzene rings is 2. The molecule has 2 aromatic carbocycles. The third kappa shape index (κ3) is 4.04. The number of aliphatic hydroxyl groups is 1. The van der Waals surface area contributed by atoms with Crippen molar-refractivity contribution in [2.45, 2.75) is 44.9 Å². The summed E-state index contributed by atoms with van der Waals surface area (Å²) < 4.78 is 0. The number of hydrogen-bond donors (Lipinski definition) is 1. The van der Waals surface area contributed by atoms with E-state index >= 15 is 0 Å². The molecule has 2 saturated heterocycles. The molecule has 2 saturated carbocycles. The van der Waals surface area contributed by atoms with Gasteiger partial charge in [-0.25, -0.2) is 0 Å². The monoisotopic (exact) mass is 418 g/mol. The SMILES string of the molecule is O=C1CN(Cc2ccccc2)C(=O)C12CC2.OC1CN(Cc2ccccc2)CC12CC2. The fourth-order valence-electron chi connectivity index (χ4n) is 5.04. The number of carbonyl (C=O) groups is 2. The van der Waals surface area contributed by atoms with Crippen LogP contribution in [0.1, 0.15) is 36.8 Å². The predicted octanol–water partition coefficient (Wildman–Crippen LogP) is 3.02. The summed E-state index contributed by atoms with van der Waals surface area (Å²) >= 11 is 0. The van der Waals surface area contributed by atoms with E-state index < -0.39 is 5.41 Å². The van der Waals surface area contributed by atoms with Crippen LogP contribution < -0.4 is 0 Å². The molecule has 6 rings (SSSR count). The van der Waals surface area contributed by atoms with Gasteiger partial charge in [-0.05, 0) is 36.8 Å². The lowest BCUT2D eigenvalue weighted by molar-refractivity contribution is -0.134. The normalized spacial score (nSPS) is 25.1. The Morgan fingerprint density at radius 2 is 1.42 bits per heavy atom. The summed E-state index contributed by atoms with van der Waals surface area (Å²) in [6.45, 7) is 3.79. The molecule has 31 heavy (non-hydrogen) atoms. The first-order valence-electron chi connectivity index (χ1n) is 11.3. The molecule has 2 aromatic rings. The van der Waals surface area contributed by atoms with Crippen LogP contribution >= 0.6 is 0 Å². The summed E-state index contributed by atoms with van der Waals surface area (Å²) in [5, 5.41) is 9.93. The summed E-state index contributed by atoms with van der Waals surface area (Å²) in [5.74, 6) is 0.162. The highest BCUT2D eigenvalue weighted by Gasteiger charge is 2.61. The standard InChI is InChI=1S/C13H13NO2.C13H17NO/c15-11-9-14(12(16)13(11)6-7-13)8-10-4-2-1-3-5-10;15-12-9-14(10-13(12)6-7-13)8-11-4-2-1-3-5-11/h1-5H,6-9H2;1-5,12,15H,6-10H2. The summed E-state index contributed by atoms with van der Waals surface area (Å²) in [6, 6.07) is 20.3. The van der Waals surface area contributed by atoms with Crippen LogP contribution in [0.3, 0.4) is 0 Å². The zero-order valence-corrected chi connectivity index (χ0v) is 17.9. The van der Waals surface area contributed by atoms with Crippen molar-refractivity contribution in [1.82, 2.24) is 9.80 Å². The lowest BCUT2D eigenvalue weighted by atomic mass is 10.0. The van der Waals surface area contributed by atoms with Crippen LogP contribution in [0.2, 0.25) is 0 Å². The molecule has 1 amide bonds. The van der Waals surface area contributed by atoms with Crippen molar-refractivity contribution >= 4 is 11.7 Å². The lowest BCUT2D eigenvalue weighted by Crippen LogP contribution is -2.27. The summed E-state index contributed by atoms with van der Waals surface area (Å²) in [6.07, 6.45) is 3.88. The van der Waals surface area contributed by atoms with E-state index in [2.05, 4.69) is 29.2 Å². The molecule has 2 heterocycles. The topological polar surface area (TPSA) is 60.9 Å². The largest absolute Gasteiger partial charge is 0.391 e. The fraction of sp³-hybridized carbons (Fsp3) is 0.462. The molecule has 2 spiro atoms. The van der Waals surface area contributed by atoms with Gasteiger partial charge in [0.25, 0.3) is 0 Å².